The van der Waals surface area contributed by atoms with E-state index in [0.29, 0.717) is 43.3 Å². The number of benzene rings is 1. The number of hydrogen-bond donors (Lipinski definition) is 3. The molecule has 33 heavy (non-hydrogen) atoms. The van der Waals surface area contributed by atoms with E-state index in [-0.39, 0.29) is 30.1 Å². The lowest BCUT2D eigenvalue weighted by molar-refractivity contribution is 0.0420. The lowest BCUT2D eigenvalue weighted by Crippen LogP contribution is -2.38. The first kappa shape index (κ1) is 26.9. The molecule has 1 atom stereocenters. The third-order valence-corrected chi connectivity index (χ3v) is 5.15. The molecule has 1 aromatic carbocycles. The van der Waals surface area contributed by atoms with Crippen molar-refractivity contribution in [2.45, 2.75) is 38.7 Å². The molecule has 1 fully saturated rings. The molecule has 3 rings (SSSR count). The van der Waals surface area contributed by atoms with Crippen molar-refractivity contribution in [3.63, 3.8) is 0 Å². The van der Waals surface area contributed by atoms with Crippen LogP contribution in [-0.2, 0) is 15.9 Å². The van der Waals surface area contributed by atoms with Gasteiger partial charge in [0.15, 0.2) is 5.96 Å². The highest BCUT2D eigenvalue weighted by Crippen LogP contribution is 2.21. The van der Waals surface area contributed by atoms with E-state index in [1.165, 1.54) is 0 Å². The fourth-order valence-electron chi connectivity index (χ4n) is 3.49. The zero-order chi connectivity index (χ0) is 22.6. The third kappa shape index (κ3) is 8.17. The number of aliphatic imine (C=N–C) groups is 1. The number of aryl methyl sites for hydroxylation is 1. The number of nitriles is 1. The summed E-state index contributed by atoms with van der Waals surface area (Å²) in [6.45, 7) is 6.46. The standard InChI is InChI=1S/C23H33N7O2.HI/c1-2-26-23(28-13-7-14-32-19-11-15-31-17-19)27-12-6-10-21-20(16-24)22(25)30(29-21)18-8-4-3-5-9-18;/h3-5,8-9,19H,2,6-7,10-15,17,25H2,1H3,(H2,26,27,28);1H. The fourth-order valence-corrected chi connectivity index (χ4v) is 3.49. The van der Waals surface area contributed by atoms with Crippen LogP contribution in [0.4, 0.5) is 5.82 Å². The van der Waals surface area contributed by atoms with Crippen LogP contribution in [0.5, 0.6) is 0 Å². The average Bonchev–Trinajstić information content (AvgIpc) is 3.44. The molecule has 0 amide bonds. The number of ether oxygens (including phenoxy) is 2. The van der Waals surface area contributed by atoms with Crippen LogP contribution in [0.1, 0.15) is 37.4 Å². The van der Waals surface area contributed by atoms with Crippen molar-refractivity contribution in [3.8, 4) is 11.8 Å². The van der Waals surface area contributed by atoms with Crippen LogP contribution in [0.3, 0.4) is 0 Å². The van der Waals surface area contributed by atoms with Crippen LogP contribution in [0.2, 0.25) is 0 Å². The van der Waals surface area contributed by atoms with Gasteiger partial charge in [-0.1, -0.05) is 18.2 Å². The van der Waals surface area contributed by atoms with Gasteiger partial charge in [0.05, 0.1) is 24.1 Å². The Balaban J connectivity index is 0.00000385. The number of nitrogens with one attached hydrogen (secondary N) is 2. The van der Waals surface area contributed by atoms with Gasteiger partial charge in [-0.05, 0) is 44.7 Å². The number of para-hydroxylation sites is 1. The van der Waals surface area contributed by atoms with Crippen LogP contribution >= 0.6 is 24.0 Å². The molecule has 0 saturated carbocycles. The van der Waals surface area contributed by atoms with E-state index in [9.17, 15) is 5.26 Å². The van der Waals surface area contributed by atoms with Gasteiger partial charge in [-0.25, -0.2) is 4.68 Å². The molecular weight excluding hydrogens is 533 g/mol. The SMILES string of the molecule is CCNC(=NCCCc1nn(-c2ccccc2)c(N)c1C#N)NCCCOC1CCOC1.I. The number of nitrogen functional groups attached to an aromatic ring is 1. The van der Waals surface area contributed by atoms with Gasteiger partial charge in [0, 0.05) is 32.8 Å². The molecule has 1 unspecified atom stereocenters. The van der Waals surface area contributed by atoms with Gasteiger partial charge in [-0.15, -0.1) is 24.0 Å². The molecule has 10 heteroatoms. The summed E-state index contributed by atoms with van der Waals surface area (Å²) in [5.41, 5.74) is 8.16. The summed E-state index contributed by atoms with van der Waals surface area (Å²) in [4.78, 5) is 4.63. The summed E-state index contributed by atoms with van der Waals surface area (Å²) < 4.78 is 12.7. The largest absolute Gasteiger partial charge is 0.382 e. The zero-order valence-electron chi connectivity index (χ0n) is 19.1. The predicted octanol–water partition coefficient (Wildman–Crippen LogP) is 2.63. The molecule has 0 aliphatic carbocycles. The van der Waals surface area contributed by atoms with E-state index in [4.69, 9.17) is 15.2 Å². The molecule has 1 aliphatic rings. The average molecular weight is 567 g/mol. The maximum absolute atomic E-state index is 9.54. The van der Waals surface area contributed by atoms with Crippen LogP contribution in [0.15, 0.2) is 35.3 Å². The molecule has 180 valence electrons. The van der Waals surface area contributed by atoms with Crippen molar-refractivity contribution in [2.24, 2.45) is 4.99 Å². The van der Waals surface area contributed by atoms with Crippen LogP contribution < -0.4 is 16.4 Å². The Kier molecular flexibility index (Phi) is 12.0. The first-order valence-electron chi connectivity index (χ1n) is 11.3. The lowest BCUT2D eigenvalue weighted by atomic mass is 10.1. The second-order valence-corrected chi connectivity index (χ2v) is 7.57. The van der Waals surface area contributed by atoms with Crippen molar-refractivity contribution < 1.29 is 9.47 Å². The summed E-state index contributed by atoms with van der Waals surface area (Å²) in [6.07, 6.45) is 3.53. The first-order chi connectivity index (χ1) is 15.7. The summed E-state index contributed by atoms with van der Waals surface area (Å²) in [6, 6.07) is 11.8. The maximum Gasteiger partial charge on any atom is 0.191 e. The number of halogens is 1. The van der Waals surface area contributed by atoms with Crippen molar-refractivity contribution in [1.82, 2.24) is 20.4 Å². The highest BCUT2D eigenvalue weighted by atomic mass is 127. The van der Waals surface area contributed by atoms with Gasteiger partial charge in [0.1, 0.15) is 17.5 Å². The van der Waals surface area contributed by atoms with E-state index >= 15 is 0 Å². The van der Waals surface area contributed by atoms with Crippen molar-refractivity contribution >= 4 is 35.8 Å². The molecular formula is C23H34IN7O2. The number of nitrogens with zero attached hydrogens (tertiary/aromatic N) is 4. The molecule has 1 aromatic heterocycles. The minimum atomic E-state index is 0. The number of guanidine groups is 1. The molecule has 1 aliphatic heterocycles. The Morgan fingerprint density at radius 1 is 1.33 bits per heavy atom. The minimum absolute atomic E-state index is 0. The van der Waals surface area contributed by atoms with Crippen LogP contribution in [0.25, 0.3) is 5.69 Å². The van der Waals surface area contributed by atoms with Gasteiger partial charge in [-0.3, -0.25) is 4.99 Å². The second kappa shape index (κ2) is 14.7. The number of aromatic nitrogens is 2. The summed E-state index contributed by atoms with van der Waals surface area (Å²) in [7, 11) is 0. The normalized spacial score (nSPS) is 15.6. The van der Waals surface area contributed by atoms with Gasteiger partial charge in [-0.2, -0.15) is 10.4 Å². The van der Waals surface area contributed by atoms with Gasteiger partial charge in [0.25, 0.3) is 0 Å². The first-order valence-corrected chi connectivity index (χ1v) is 11.3. The zero-order valence-corrected chi connectivity index (χ0v) is 21.5. The number of rotatable bonds is 11. The Labute approximate surface area is 212 Å². The van der Waals surface area contributed by atoms with E-state index in [0.717, 1.165) is 50.6 Å². The highest BCUT2D eigenvalue weighted by Gasteiger charge is 2.16. The van der Waals surface area contributed by atoms with Crippen molar-refractivity contribution in [1.29, 1.82) is 5.26 Å². The Morgan fingerprint density at radius 2 is 2.15 bits per heavy atom. The monoisotopic (exact) mass is 567 g/mol. The summed E-state index contributed by atoms with van der Waals surface area (Å²) in [5, 5.41) is 20.7. The van der Waals surface area contributed by atoms with Crippen LogP contribution in [-0.4, -0.2) is 61.3 Å². The number of anilines is 1. The topological polar surface area (TPSA) is 123 Å². The fraction of sp³-hybridized carbons (Fsp3) is 0.522. The van der Waals surface area contributed by atoms with E-state index in [2.05, 4.69) is 26.8 Å². The molecule has 9 nitrogen and oxygen atoms in total. The quantitative estimate of drug-likeness (QED) is 0.165. The summed E-state index contributed by atoms with van der Waals surface area (Å²) in [5.74, 6) is 1.16. The minimum Gasteiger partial charge on any atom is -0.382 e. The van der Waals surface area contributed by atoms with Crippen molar-refractivity contribution in [2.75, 3.05) is 45.2 Å². The maximum atomic E-state index is 9.54. The molecule has 0 bridgehead atoms. The molecule has 1 saturated heterocycles. The summed E-state index contributed by atoms with van der Waals surface area (Å²) >= 11 is 0. The second-order valence-electron chi connectivity index (χ2n) is 7.57. The van der Waals surface area contributed by atoms with Crippen molar-refractivity contribution in [3.05, 3.63) is 41.6 Å². The number of hydrogen-bond acceptors (Lipinski definition) is 6. The van der Waals surface area contributed by atoms with Gasteiger partial charge in [0.2, 0.25) is 0 Å². The Morgan fingerprint density at radius 3 is 2.85 bits per heavy atom. The van der Waals surface area contributed by atoms with Crippen LogP contribution in [0, 0.1) is 11.3 Å². The third-order valence-electron chi connectivity index (χ3n) is 5.15. The molecule has 0 radical (unpaired) electrons. The molecule has 2 heterocycles. The molecule has 2 aromatic rings. The van der Waals surface area contributed by atoms with Gasteiger partial charge < -0.3 is 25.8 Å². The Bertz CT molecular complexity index is 906. The highest BCUT2D eigenvalue weighted by molar-refractivity contribution is 14.0. The Hall–Kier alpha value is -2.36. The smallest absolute Gasteiger partial charge is 0.191 e. The van der Waals surface area contributed by atoms with E-state index in [1.807, 2.05) is 37.3 Å². The lowest BCUT2D eigenvalue weighted by Gasteiger charge is -2.12. The molecule has 4 N–H and O–H groups in total. The van der Waals surface area contributed by atoms with E-state index < -0.39 is 0 Å². The number of nitrogens with two attached hydrogens (primary N) is 1. The van der Waals surface area contributed by atoms with Gasteiger partial charge >= 0.3 is 0 Å². The predicted molar refractivity (Wildman–Crippen MR) is 140 cm³/mol. The van der Waals surface area contributed by atoms with E-state index in [1.54, 1.807) is 4.68 Å². The molecule has 0 spiro atoms.